The molecule has 0 bridgehead atoms. The molecule has 1 fully saturated rings. The zero-order valence-corrected chi connectivity index (χ0v) is 14.2. The summed E-state index contributed by atoms with van der Waals surface area (Å²) in [6.07, 6.45) is 3.21. The molecule has 2 rings (SSSR count). The second-order valence-corrected chi connectivity index (χ2v) is 7.60. The van der Waals surface area contributed by atoms with Gasteiger partial charge in [0.15, 0.2) is 0 Å². The van der Waals surface area contributed by atoms with Gasteiger partial charge in [-0.25, -0.2) is 13.1 Å². The van der Waals surface area contributed by atoms with Gasteiger partial charge in [-0.2, -0.15) is 0 Å². The van der Waals surface area contributed by atoms with Gasteiger partial charge in [0.25, 0.3) is 0 Å². The average Bonchev–Trinajstić information content (AvgIpc) is 2.50. The zero-order chi connectivity index (χ0) is 16.0. The molecule has 0 unspecified atom stereocenters. The Morgan fingerprint density at radius 2 is 1.86 bits per heavy atom. The monoisotopic (exact) mass is 326 g/mol. The predicted molar refractivity (Wildman–Crippen MR) is 87.6 cm³/mol. The second kappa shape index (κ2) is 7.94. The first-order chi connectivity index (χ1) is 10.5. The fourth-order valence-corrected chi connectivity index (χ4v) is 3.76. The van der Waals surface area contributed by atoms with E-state index in [0.717, 1.165) is 32.4 Å². The normalized spacial score (nSPS) is 17.5. The molecule has 1 N–H and O–H groups in total. The molecule has 1 aromatic rings. The number of benzene rings is 1. The lowest BCUT2D eigenvalue weighted by Crippen LogP contribution is -2.32. The largest absolute Gasteiger partial charge is 0.494 e. The van der Waals surface area contributed by atoms with Crippen molar-refractivity contribution in [3.8, 4) is 5.75 Å². The number of nitrogens with zero attached hydrogens (tertiary/aromatic N) is 1. The summed E-state index contributed by atoms with van der Waals surface area (Å²) in [4.78, 5) is 2.61. The Hall–Kier alpha value is -1.11. The van der Waals surface area contributed by atoms with E-state index in [-0.39, 0.29) is 0 Å². The van der Waals surface area contributed by atoms with Crippen molar-refractivity contribution in [3.63, 3.8) is 0 Å². The molecule has 1 aliphatic rings. The van der Waals surface area contributed by atoms with Gasteiger partial charge >= 0.3 is 0 Å². The molecule has 6 heteroatoms. The Balaban J connectivity index is 1.83. The van der Waals surface area contributed by atoms with Crippen LogP contribution < -0.4 is 9.46 Å². The Bertz CT molecular complexity index is 549. The van der Waals surface area contributed by atoms with Crippen LogP contribution >= 0.6 is 0 Å². The third-order valence-corrected chi connectivity index (χ3v) is 5.60. The lowest BCUT2D eigenvalue weighted by molar-refractivity contribution is 0.213. The molecule has 0 aromatic heterocycles. The summed E-state index contributed by atoms with van der Waals surface area (Å²) in [5.41, 5.74) is 0. The first kappa shape index (κ1) is 17.2. The van der Waals surface area contributed by atoms with Gasteiger partial charge in [-0.3, -0.25) is 0 Å². The highest BCUT2D eigenvalue weighted by atomic mass is 32.2. The van der Waals surface area contributed by atoms with Crippen molar-refractivity contribution in [1.29, 1.82) is 0 Å². The molecule has 5 nitrogen and oxygen atoms in total. The molecule has 1 heterocycles. The first-order valence-electron chi connectivity index (χ1n) is 7.92. The summed E-state index contributed by atoms with van der Waals surface area (Å²) < 4.78 is 32.5. The number of nitrogens with one attached hydrogen (secondary N) is 1. The predicted octanol–water partition coefficient (Wildman–Crippen LogP) is 2.10. The van der Waals surface area contributed by atoms with Gasteiger partial charge in [0.1, 0.15) is 5.75 Å². The SMILES string of the molecule is CCOc1ccc(S(=O)(=O)NCCC2CCN(C)CC2)cc1. The first-order valence-corrected chi connectivity index (χ1v) is 9.40. The molecule has 0 spiro atoms. The smallest absolute Gasteiger partial charge is 0.240 e. The molecular weight excluding hydrogens is 300 g/mol. The van der Waals surface area contributed by atoms with Gasteiger partial charge in [0, 0.05) is 6.54 Å². The van der Waals surface area contributed by atoms with Gasteiger partial charge in [0.05, 0.1) is 11.5 Å². The van der Waals surface area contributed by atoms with Crippen molar-refractivity contribution in [3.05, 3.63) is 24.3 Å². The van der Waals surface area contributed by atoms with Gasteiger partial charge in [0.2, 0.25) is 10.0 Å². The van der Waals surface area contributed by atoms with E-state index >= 15 is 0 Å². The van der Waals surface area contributed by atoms with Crippen LogP contribution in [-0.4, -0.2) is 46.6 Å². The lowest BCUT2D eigenvalue weighted by atomic mass is 9.94. The van der Waals surface area contributed by atoms with Crippen molar-refractivity contribution in [2.24, 2.45) is 5.92 Å². The van der Waals surface area contributed by atoms with Crippen LogP contribution in [0.2, 0.25) is 0 Å². The van der Waals surface area contributed by atoms with Gasteiger partial charge in [-0.05, 0) is 76.5 Å². The molecule has 0 amide bonds. The van der Waals surface area contributed by atoms with Crippen molar-refractivity contribution in [2.45, 2.75) is 31.1 Å². The summed E-state index contributed by atoms with van der Waals surface area (Å²) in [7, 11) is -1.29. The summed E-state index contributed by atoms with van der Waals surface area (Å²) in [5.74, 6) is 1.31. The number of sulfonamides is 1. The van der Waals surface area contributed by atoms with E-state index in [0.29, 0.717) is 29.7 Å². The number of hydrogen-bond acceptors (Lipinski definition) is 4. The van der Waals surface area contributed by atoms with Crippen LogP contribution in [0.15, 0.2) is 29.2 Å². The van der Waals surface area contributed by atoms with E-state index < -0.39 is 10.0 Å². The minimum Gasteiger partial charge on any atom is -0.494 e. The molecule has 124 valence electrons. The molecule has 0 aliphatic carbocycles. The minimum atomic E-state index is -3.42. The minimum absolute atomic E-state index is 0.291. The fraction of sp³-hybridized carbons (Fsp3) is 0.625. The summed E-state index contributed by atoms with van der Waals surface area (Å²) in [6, 6.07) is 6.55. The number of hydrogen-bond donors (Lipinski definition) is 1. The van der Waals surface area contributed by atoms with Crippen molar-refractivity contribution in [2.75, 3.05) is 33.3 Å². The van der Waals surface area contributed by atoms with Crippen molar-refractivity contribution in [1.82, 2.24) is 9.62 Å². The Morgan fingerprint density at radius 1 is 1.23 bits per heavy atom. The van der Waals surface area contributed by atoms with E-state index in [1.54, 1.807) is 24.3 Å². The molecule has 0 saturated carbocycles. The third-order valence-electron chi connectivity index (χ3n) is 4.13. The van der Waals surface area contributed by atoms with Crippen molar-refractivity contribution >= 4 is 10.0 Å². The molecule has 1 aromatic carbocycles. The highest BCUT2D eigenvalue weighted by Crippen LogP contribution is 2.20. The quantitative estimate of drug-likeness (QED) is 0.833. The molecule has 0 atom stereocenters. The van der Waals surface area contributed by atoms with Crippen LogP contribution in [0, 0.1) is 5.92 Å². The summed E-state index contributed by atoms with van der Waals surface area (Å²) in [5, 5.41) is 0. The van der Waals surface area contributed by atoms with E-state index in [2.05, 4.69) is 16.7 Å². The topological polar surface area (TPSA) is 58.6 Å². The maximum absolute atomic E-state index is 12.2. The molecule has 1 saturated heterocycles. The summed E-state index contributed by atoms with van der Waals surface area (Å²) in [6.45, 7) is 5.19. The Labute approximate surface area is 133 Å². The maximum atomic E-state index is 12.2. The van der Waals surface area contributed by atoms with Crippen LogP contribution in [0.5, 0.6) is 5.75 Å². The van der Waals surface area contributed by atoms with Gasteiger partial charge in [-0.15, -0.1) is 0 Å². The highest BCUT2D eigenvalue weighted by molar-refractivity contribution is 7.89. The number of rotatable bonds is 7. The van der Waals surface area contributed by atoms with Crippen molar-refractivity contribution < 1.29 is 13.2 Å². The van der Waals surface area contributed by atoms with Crippen LogP contribution in [-0.2, 0) is 10.0 Å². The third kappa shape index (κ3) is 4.97. The Kier molecular flexibility index (Phi) is 6.23. The second-order valence-electron chi connectivity index (χ2n) is 5.84. The summed E-state index contributed by atoms with van der Waals surface area (Å²) >= 11 is 0. The standard InChI is InChI=1S/C16H26N2O3S/c1-3-21-15-4-6-16(7-5-15)22(19,20)17-11-8-14-9-12-18(2)13-10-14/h4-7,14,17H,3,8-13H2,1-2H3. The van der Waals surface area contributed by atoms with E-state index in [4.69, 9.17) is 4.74 Å². The van der Waals surface area contributed by atoms with E-state index in [1.165, 1.54) is 0 Å². The lowest BCUT2D eigenvalue weighted by Gasteiger charge is -2.28. The Morgan fingerprint density at radius 3 is 2.45 bits per heavy atom. The zero-order valence-electron chi connectivity index (χ0n) is 13.4. The number of ether oxygens (including phenoxy) is 1. The van der Waals surface area contributed by atoms with Crippen LogP contribution in [0.1, 0.15) is 26.2 Å². The molecular formula is C16H26N2O3S. The van der Waals surface area contributed by atoms with E-state index in [9.17, 15) is 8.42 Å². The maximum Gasteiger partial charge on any atom is 0.240 e. The number of likely N-dealkylation sites (tertiary alicyclic amines) is 1. The fourth-order valence-electron chi connectivity index (χ4n) is 2.71. The van der Waals surface area contributed by atoms with Gasteiger partial charge in [-0.1, -0.05) is 0 Å². The van der Waals surface area contributed by atoms with Gasteiger partial charge < -0.3 is 9.64 Å². The molecule has 0 radical (unpaired) electrons. The molecule has 22 heavy (non-hydrogen) atoms. The average molecular weight is 326 g/mol. The van der Waals surface area contributed by atoms with E-state index in [1.807, 2.05) is 6.92 Å². The van der Waals surface area contributed by atoms with Crippen LogP contribution in [0.3, 0.4) is 0 Å². The highest BCUT2D eigenvalue weighted by Gasteiger charge is 2.18. The molecule has 1 aliphatic heterocycles. The van der Waals surface area contributed by atoms with Crippen LogP contribution in [0.4, 0.5) is 0 Å². The number of piperidine rings is 1. The van der Waals surface area contributed by atoms with Crippen LogP contribution in [0.25, 0.3) is 0 Å².